The van der Waals surface area contributed by atoms with Crippen molar-refractivity contribution in [3.8, 4) is 6.07 Å². The SMILES string of the molecule is CN(CCC#N)C(=O)c1ccc(Cl)s1. The number of carbonyl (C=O) groups is 1. The Hall–Kier alpha value is -1.05. The van der Waals surface area contributed by atoms with E-state index in [4.69, 9.17) is 16.9 Å². The fraction of sp³-hybridized carbons (Fsp3) is 0.333. The first-order chi connectivity index (χ1) is 6.65. The molecule has 0 atom stereocenters. The third-order valence-corrected chi connectivity index (χ3v) is 2.91. The Balaban J connectivity index is 2.62. The molecule has 0 aliphatic heterocycles. The van der Waals surface area contributed by atoms with Crippen molar-refractivity contribution >= 4 is 28.8 Å². The van der Waals surface area contributed by atoms with Gasteiger partial charge in [0.15, 0.2) is 0 Å². The minimum atomic E-state index is -0.0860. The monoisotopic (exact) mass is 228 g/mol. The van der Waals surface area contributed by atoms with Gasteiger partial charge in [0.2, 0.25) is 0 Å². The van der Waals surface area contributed by atoms with Crippen molar-refractivity contribution < 1.29 is 4.79 Å². The van der Waals surface area contributed by atoms with Crippen LogP contribution in [0.5, 0.6) is 0 Å². The van der Waals surface area contributed by atoms with Gasteiger partial charge in [-0.1, -0.05) is 11.6 Å². The molecule has 0 bridgehead atoms. The summed E-state index contributed by atoms with van der Waals surface area (Å²) in [5, 5.41) is 8.37. The highest BCUT2D eigenvalue weighted by atomic mass is 35.5. The minimum Gasteiger partial charge on any atom is -0.340 e. The van der Waals surface area contributed by atoms with Gasteiger partial charge in [-0.3, -0.25) is 4.79 Å². The van der Waals surface area contributed by atoms with Crippen LogP contribution in [0.25, 0.3) is 0 Å². The maximum Gasteiger partial charge on any atom is 0.263 e. The number of hydrogen-bond donors (Lipinski definition) is 0. The molecule has 0 fully saturated rings. The zero-order chi connectivity index (χ0) is 10.6. The van der Waals surface area contributed by atoms with E-state index in [2.05, 4.69) is 0 Å². The summed E-state index contributed by atoms with van der Waals surface area (Å²) in [7, 11) is 1.67. The lowest BCUT2D eigenvalue weighted by Crippen LogP contribution is -2.26. The molecule has 5 heteroatoms. The highest BCUT2D eigenvalue weighted by Crippen LogP contribution is 2.22. The second-order valence-corrected chi connectivity index (χ2v) is 4.45. The van der Waals surface area contributed by atoms with Gasteiger partial charge in [-0.15, -0.1) is 11.3 Å². The van der Waals surface area contributed by atoms with Crippen LogP contribution in [-0.4, -0.2) is 24.4 Å². The summed E-state index contributed by atoms with van der Waals surface area (Å²) in [6.45, 7) is 0.449. The van der Waals surface area contributed by atoms with Crippen LogP contribution in [-0.2, 0) is 0 Å². The fourth-order valence-corrected chi connectivity index (χ4v) is 1.97. The van der Waals surface area contributed by atoms with Gasteiger partial charge in [0.1, 0.15) is 0 Å². The molecule has 0 unspecified atom stereocenters. The first kappa shape index (κ1) is 11.0. The van der Waals surface area contributed by atoms with Crippen LogP contribution in [0.2, 0.25) is 4.34 Å². The first-order valence-electron chi connectivity index (χ1n) is 4.03. The fourth-order valence-electron chi connectivity index (χ4n) is 0.937. The largest absolute Gasteiger partial charge is 0.340 e. The summed E-state index contributed by atoms with van der Waals surface area (Å²) >= 11 is 6.96. The van der Waals surface area contributed by atoms with Crippen molar-refractivity contribution in [1.82, 2.24) is 4.90 Å². The highest BCUT2D eigenvalue weighted by Gasteiger charge is 2.12. The number of nitrogens with zero attached hydrogens (tertiary/aromatic N) is 2. The van der Waals surface area contributed by atoms with Crippen LogP contribution in [0.15, 0.2) is 12.1 Å². The molecular formula is C9H9ClN2OS. The predicted octanol–water partition coefficient (Wildman–Crippen LogP) is 2.39. The topological polar surface area (TPSA) is 44.1 Å². The van der Waals surface area contributed by atoms with Crippen LogP contribution >= 0.6 is 22.9 Å². The van der Waals surface area contributed by atoms with E-state index in [1.807, 2.05) is 6.07 Å². The lowest BCUT2D eigenvalue weighted by molar-refractivity contribution is 0.0803. The summed E-state index contributed by atoms with van der Waals surface area (Å²) in [4.78, 5) is 13.8. The van der Waals surface area contributed by atoms with Gasteiger partial charge in [0, 0.05) is 13.6 Å². The first-order valence-corrected chi connectivity index (χ1v) is 5.22. The Morgan fingerprint density at radius 3 is 2.93 bits per heavy atom. The molecule has 0 saturated heterocycles. The average Bonchev–Trinajstić information content (AvgIpc) is 2.60. The van der Waals surface area contributed by atoms with E-state index in [-0.39, 0.29) is 5.91 Å². The number of nitriles is 1. The molecule has 1 rings (SSSR count). The van der Waals surface area contributed by atoms with Crippen LogP contribution in [0.1, 0.15) is 16.1 Å². The van der Waals surface area contributed by atoms with Gasteiger partial charge in [-0.25, -0.2) is 0 Å². The Labute approximate surface area is 91.5 Å². The molecule has 0 radical (unpaired) electrons. The quantitative estimate of drug-likeness (QED) is 0.798. The number of rotatable bonds is 3. The number of carbonyl (C=O) groups excluding carboxylic acids is 1. The number of thiophene rings is 1. The van der Waals surface area contributed by atoms with E-state index < -0.39 is 0 Å². The van der Waals surface area contributed by atoms with E-state index in [0.717, 1.165) is 0 Å². The molecule has 0 spiro atoms. The molecular weight excluding hydrogens is 220 g/mol. The summed E-state index contributed by atoms with van der Waals surface area (Å²) < 4.78 is 0.599. The molecule has 1 amide bonds. The van der Waals surface area contributed by atoms with Gasteiger partial charge < -0.3 is 4.90 Å². The normalized spacial score (nSPS) is 9.50. The number of hydrogen-bond acceptors (Lipinski definition) is 3. The molecule has 0 saturated carbocycles. The van der Waals surface area contributed by atoms with Gasteiger partial charge in [0.05, 0.1) is 21.7 Å². The average molecular weight is 229 g/mol. The van der Waals surface area contributed by atoms with Crippen molar-refractivity contribution in [1.29, 1.82) is 5.26 Å². The number of amides is 1. The van der Waals surface area contributed by atoms with Crippen molar-refractivity contribution in [2.45, 2.75) is 6.42 Å². The van der Waals surface area contributed by atoms with E-state index in [1.54, 1.807) is 19.2 Å². The van der Waals surface area contributed by atoms with Crippen LogP contribution in [0.3, 0.4) is 0 Å². The molecule has 0 N–H and O–H groups in total. The Kier molecular flexibility index (Phi) is 3.93. The molecule has 1 aromatic rings. The van der Waals surface area contributed by atoms with E-state index in [9.17, 15) is 4.79 Å². The third kappa shape index (κ3) is 2.72. The summed E-state index contributed by atoms with van der Waals surface area (Å²) in [5.41, 5.74) is 0. The molecule has 0 aliphatic rings. The maximum atomic E-state index is 11.6. The zero-order valence-corrected chi connectivity index (χ0v) is 9.23. The summed E-state index contributed by atoms with van der Waals surface area (Å²) in [6.07, 6.45) is 0.349. The van der Waals surface area contributed by atoms with Crippen molar-refractivity contribution in [3.63, 3.8) is 0 Å². The third-order valence-electron chi connectivity index (χ3n) is 1.69. The second kappa shape index (κ2) is 4.99. The van der Waals surface area contributed by atoms with E-state index in [1.165, 1.54) is 16.2 Å². The lowest BCUT2D eigenvalue weighted by Gasteiger charge is -2.13. The van der Waals surface area contributed by atoms with Gasteiger partial charge in [0.25, 0.3) is 5.91 Å². The smallest absolute Gasteiger partial charge is 0.263 e. The highest BCUT2D eigenvalue weighted by molar-refractivity contribution is 7.17. The minimum absolute atomic E-state index is 0.0860. The molecule has 74 valence electrons. The Bertz CT molecular complexity index is 369. The number of halogens is 1. The molecule has 14 heavy (non-hydrogen) atoms. The van der Waals surface area contributed by atoms with Crippen LogP contribution in [0.4, 0.5) is 0 Å². The zero-order valence-electron chi connectivity index (χ0n) is 7.66. The molecule has 1 heterocycles. The molecule has 1 aromatic heterocycles. The lowest BCUT2D eigenvalue weighted by atomic mass is 10.3. The van der Waals surface area contributed by atoms with Crippen molar-refractivity contribution in [2.75, 3.05) is 13.6 Å². The Morgan fingerprint density at radius 2 is 2.43 bits per heavy atom. The van der Waals surface area contributed by atoms with Crippen LogP contribution in [0, 0.1) is 11.3 Å². The molecule has 3 nitrogen and oxygen atoms in total. The molecule has 0 aromatic carbocycles. The van der Waals surface area contributed by atoms with E-state index >= 15 is 0 Å². The Morgan fingerprint density at radius 1 is 1.71 bits per heavy atom. The summed E-state index contributed by atoms with van der Waals surface area (Å²) in [6, 6.07) is 5.38. The van der Waals surface area contributed by atoms with Crippen LogP contribution < -0.4 is 0 Å². The van der Waals surface area contributed by atoms with Gasteiger partial charge in [-0.2, -0.15) is 5.26 Å². The molecule has 0 aliphatic carbocycles. The van der Waals surface area contributed by atoms with Gasteiger partial charge >= 0.3 is 0 Å². The summed E-state index contributed by atoms with van der Waals surface area (Å²) in [5.74, 6) is -0.0860. The van der Waals surface area contributed by atoms with Crippen molar-refractivity contribution in [3.05, 3.63) is 21.3 Å². The predicted molar refractivity (Wildman–Crippen MR) is 56.5 cm³/mol. The van der Waals surface area contributed by atoms with Crippen molar-refractivity contribution in [2.24, 2.45) is 0 Å². The van der Waals surface area contributed by atoms with Gasteiger partial charge in [-0.05, 0) is 12.1 Å². The maximum absolute atomic E-state index is 11.6. The standard InChI is InChI=1S/C9H9ClN2OS/c1-12(6-2-5-11)9(13)7-3-4-8(10)14-7/h3-4H,2,6H2,1H3. The van der Waals surface area contributed by atoms with E-state index in [0.29, 0.717) is 22.2 Å². The second-order valence-electron chi connectivity index (χ2n) is 2.74.